The maximum absolute atomic E-state index is 12.9. The zero-order chi connectivity index (χ0) is 19.4. The molecule has 3 aromatic rings. The third kappa shape index (κ3) is 4.25. The average molecular weight is 370 g/mol. The molecular weight excluding hydrogens is 351 g/mol. The number of ether oxygens (including phenoxy) is 2. The molecule has 0 aliphatic rings. The quantitative estimate of drug-likeness (QED) is 0.698. The van der Waals surface area contributed by atoms with Crippen LogP contribution in [0.5, 0.6) is 11.5 Å². The predicted octanol–water partition coefficient (Wildman–Crippen LogP) is 3.26. The molecule has 0 spiro atoms. The van der Waals surface area contributed by atoms with E-state index in [0.29, 0.717) is 28.3 Å². The number of benzene rings is 2. The van der Waals surface area contributed by atoms with E-state index < -0.39 is 0 Å². The number of anilines is 1. The van der Waals surface area contributed by atoms with Crippen LogP contribution in [-0.4, -0.2) is 25.1 Å². The summed E-state index contributed by atoms with van der Waals surface area (Å²) < 4.78 is 23.4. The number of hydrogen-bond donors (Lipinski definition) is 2. The molecule has 3 rings (SSSR count). The summed E-state index contributed by atoms with van der Waals surface area (Å²) in [4.78, 5) is 27.2. The van der Waals surface area contributed by atoms with Crippen molar-refractivity contribution in [2.24, 2.45) is 0 Å². The number of pyridine rings is 1. The standard InChI is InChI=1S/C20H19FN2O4/c1-26-17-10-13-9-12(20(25)23-16(13)11-18(17)27-2)3-8-19(24)22-15-6-4-14(21)5-7-15/h4-7,9-11H,3,8H2,1-2H3,(H,22,24)(H,23,25). The molecule has 0 aliphatic carbocycles. The van der Waals surface area contributed by atoms with Gasteiger partial charge in [-0.25, -0.2) is 4.39 Å². The summed E-state index contributed by atoms with van der Waals surface area (Å²) in [7, 11) is 3.06. The predicted molar refractivity (Wildman–Crippen MR) is 101 cm³/mol. The van der Waals surface area contributed by atoms with Crippen LogP contribution in [0, 0.1) is 5.82 Å². The zero-order valence-electron chi connectivity index (χ0n) is 15.0. The van der Waals surface area contributed by atoms with Crippen molar-refractivity contribution in [3.8, 4) is 11.5 Å². The Morgan fingerprint density at radius 3 is 2.41 bits per heavy atom. The lowest BCUT2D eigenvalue weighted by molar-refractivity contribution is -0.116. The summed E-state index contributed by atoms with van der Waals surface area (Å²) in [6.45, 7) is 0. The van der Waals surface area contributed by atoms with Crippen LogP contribution in [0.2, 0.25) is 0 Å². The third-order valence-corrected chi connectivity index (χ3v) is 4.17. The van der Waals surface area contributed by atoms with Gasteiger partial charge in [0.05, 0.1) is 19.7 Å². The van der Waals surface area contributed by atoms with Gasteiger partial charge in [0.15, 0.2) is 11.5 Å². The van der Waals surface area contributed by atoms with Crippen LogP contribution >= 0.6 is 0 Å². The molecule has 0 saturated heterocycles. The van der Waals surface area contributed by atoms with Crippen molar-refractivity contribution in [1.29, 1.82) is 0 Å². The number of hydrogen-bond acceptors (Lipinski definition) is 4. The Labute approximate surface area is 154 Å². The zero-order valence-corrected chi connectivity index (χ0v) is 15.0. The molecule has 140 valence electrons. The number of aryl methyl sites for hydroxylation is 1. The van der Waals surface area contributed by atoms with Gasteiger partial charge in [0, 0.05) is 29.1 Å². The number of fused-ring (bicyclic) bond motifs is 1. The highest BCUT2D eigenvalue weighted by atomic mass is 19.1. The minimum Gasteiger partial charge on any atom is -0.493 e. The molecule has 1 aromatic heterocycles. The molecular formula is C20H19FN2O4. The lowest BCUT2D eigenvalue weighted by Gasteiger charge is -2.10. The molecule has 0 radical (unpaired) electrons. The molecule has 0 fully saturated rings. The highest BCUT2D eigenvalue weighted by Crippen LogP contribution is 2.31. The Morgan fingerprint density at radius 1 is 1.07 bits per heavy atom. The molecule has 1 heterocycles. The van der Waals surface area contributed by atoms with Crippen LogP contribution < -0.4 is 20.3 Å². The normalized spacial score (nSPS) is 10.6. The fourth-order valence-corrected chi connectivity index (χ4v) is 2.77. The summed E-state index contributed by atoms with van der Waals surface area (Å²) in [5.74, 6) is 0.445. The monoisotopic (exact) mass is 370 g/mol. The van der Waals surface area contributed by atoms with Crippen LogP contribution in [0.3, 0.4) is 0 Å². The molecule has 0 unspecified atom stereocenters. The molecule has 7 heteroatoms. The maximum atomic E-state index is 12.9. The number of H-pyrrole nitrogens is 1. The number of methoxy groups -OCH3 is 2. The molecule has 0 saturated carbocycles. The van der Waals surface area contributed by atoms with E-state index in [1.807, 2.05) is 0 Å². The van der Waals surface area contributed by atoms with Crippen molar-refractivity contribution in [1.82, 2.24) is 4.98 Å². The maximum Gasteiger partial charge on any atom is 0.251 e. The molecule has 0 atom stereocenters. The van der Waals surface area contributed by atoms with Crippen LogP contribution in [0.1, 0.15) is 12.0 Å². The van der Waals surface area contributed by atoms with Crippen LogP contribution in [-0.2, 0) is 11.2 Å². The largest absolute Gasteiger partial charge is 0.493 e. The van der Waals surface area contributed by atoms with Gasteiger partial charge in [0.2, 0.25) is 5.91 Å². The van der Waals surface area contributed by atoms with E-state index in [1.165, 1.54) is 38.5 Å². The second-order valence-electron chi connectivity index (χ2n) is 5.97. The second-order valence-corrected chi connectivity index (χ2v) is 5.97. The number of aromatic amines is 1. The summed E-state index contributed by atoms with van der Waals surface area (Å²) in [5, 5.41) is 3.45. The fourth-order valence-electron chi connectivity index (χ4n) is 2.77. The number of carbonyl (C=O) groups is 1. The summed E-state index contributed by atoms with van der Waals surface area (Å²) >= 11 is 0. The van der Waals surface area contributed by atoms with E-state index in [2.05, 4.69) is 10.3 Å². The molecule has 1 amide bonds. The first-order valence-electron chi connectivity index (χ1n) is 8.33. The van der Waals surface area contributed by atoms with Crippen molar-refractivity contribution in [3.05, 3.63) is 64.2 Å². The summed E-state index contributed by atoms with van der Waals surface area (Å²) in [6.07, 6.45) is 0.395. The molecule has 0 aliphatic heterocycles. The van der Waals surface area contributed by atoms with Gasteiger partial charge < -0.3 is 19.8 Å². The smallest absolute Gasteiger partial charge is 0.251 e. The first-order valence-corrected chi connectivity index (χ1v) is 8.33. The third-order valence-electron chi connectivity index (χ3n) is 4.17. The van der Waals surface area contributed by atoms with E-state index in [0.717, 1.165) is 5.39 Å². The van der Waals surface area contributed by atoms with E-state index in [1.54, 1.807) is 18.2 Å². The van der Waals surface area contributed by atoms with Crippen molar-refractivity contribution < 1.29 is 18.7 Å². The fraction of sp³-hybridized carbons (Fsp3) is 0.200. The number of carbonyl (C=O) groups excluding carboxylic acids is 1. The van der Waals surface area contributed by atoms with Crippen LogP contribution in [0.15, 0.2) is 47.3 Å². The van der Waals surface area contributed by atoms with Crippen molar-refractivity contribution in [2.45, 2.75) is 12.8 Å². The average Bonchev–Trinajstić information content (AvgIpc) is 2.67. The van der Waals surface area contributed by atoms with Crippen LogP contribution in [0.25, 0.3) is 10.9 Å². The Morgan fingerprint density at radius 2 is 1.74 bits per heavy atom. The van der Waals surface area contributed by atoms with E-state index in [4.69, 9.17) is 9.47 Å². The van der Waals surface area contributed by atoms with Gasteiger partial charge in [-0.1, -0.05) is 0 Å². The van der Waals surface area contributed by atoms with E-state index >= 15 is 0 Å². The van der Waals surface area contributed by atoms with Gasteiger partial charge in [-0.05, 0) is 42.8 Å². The Kier molecular flexibility index (Phi) is 5.40. The number of aromatic nitrogens is 1. The van der Waals surface area contributed by atoms with Gasteiger partial charge in [0.25, 0.3) is 5.56 Å². The van der Waals surface area contributed by atoms with Crippen molar-refractivity contribution in [2.75, 3.05) is 19.5 Å². The van der Waals surface area contributed by atoms with Crippen LogP contribution in [0.4, 0.5) is 10.1 Å². The second kappa shape index (κ2) is 7.90. The minimum absolute atomic E-state index is 0.124. The van der Waals surface area contributed by atoms with Gasteiger partial charge in [0.1, 0.15) is 5.82 Å². The van der Waals surface area contributed by atoms with Crippen molar-refractivity contribution >= 4 is 22.5 Å². The Bertz CT molecular complexity index is 1030. The van der Waals surface area contributed by atoms with E-state index in [9.17, 15) is 14.0 Å². The molecule has 6 nitrogen and oxygen atoms in total. The van der Waals surface area contributed by atoms with Gasteiger partial charge in [-0.15, -0.1) is 0 Å². The number of rotatable bonds is 6. The Balaban J connectivity index is 1.76. The van der Waals surface area contributed by atoms with E-state index in [-0.39, 0.29) is 30.1 Å². The van der Waals surface area contributed by atoms with Gasteiger partial charge >= 0.3 is 0 Å². The first-order chi connectivity index (χ1) is 13.0. The number of halogens is 1. The lowest BCUT2D eigenvalue weighted by Crippen LogP contribution is -2.17. The minimum atomic E-state index is -0.372. The highest BCUT2D eigenvalue weighted by molar-refractivity contribution is 5.91. The topological polar surface area (TPSA) is 80.4 Å². The van der Waals surface area contributed by atoms with Gasteiger partial charge in [-0.2, -0.15) is 0 Å². The SMILES string of the molecule is COc1cc2cc(CCC(=O)Nc3ccc(F)cc3)c(=O)[nH]c2cc1OC. The summed E-state index contributed by atoms with van der Waals surface area (Å²) in [6, 6.07) is 10.7. The Hall–Kier alpha value is -3.35. The highest BCUT2D eigenvalue weighted by Gasteiger charge is 2.11. The lowest BCUT2D eigenvalue weighted by atomic mass is 10.1. The molecule has 0 bridgehead atoms. The molecule has 2 aromatic carbocycles. The van der Waals surface area contributed by atoms with Gasteiger partial charge in [-0.3, -0.25) is 9.59 Å². The number of amides is 1. The summed E-state index contributed by atoms with van der Waals surface area (Å²) in [5.41, 5.74) is 1.36. The van der Waals surface area contributed by atoms with Crippen molar-refractivity contribution in [3.63, 3.8) is 0 Å². The molecule has 27 heavy (non-hydrogen) atoms. The molecule has 2 N–H and O–H groups in total. The number of nitrogens with one attached hydrogen (secondary N) is 2. The first kappa shape index (κ1) is 18.4.